The van der Waals surface area contributed by atoms with Crippen molar-refractivity contribution in [3.05, 3.63) is 48.3 Å². The predicted octanol–water partition coefficient (Wildman–Crippen LogP) is 5.03. The Morgan fingerprint density at radius 3 is 2.54 bits per heavy atom. The number of aromatic nitrogens is 1. The highest BCUT2D eigenvalue weighted by Gasteiger charge is 2.16. The van der Waals surface area contributed by atoms with Crippen molar-refractivity contribution in [2.24, 2.45) is 11.8 Å². The minimum Gasteiger partial charge on any atom is -0.385 e. The third-order valence-electron chi connectivity index (χ3n) is 5.32. The van der Waals surface area contributed by atoms with E-state index in [-0.39, 0.29) is 5.91 Å². The van der Waals surface area contributed by atoms with Gasteiger partial charge in [0.05, 0.1) is 0 Å². The first kappa shape index (κ1) is 20.2. The van der Waals surface area contributed by atoms with Crippen LogP contribution in [0.25, 0.3) is 0 Å². The molecule has 0 bridgehead atoms. The number of rotatable bonds is 7. The first-order chi connectivity index (χ1) is 13.5. The highest BCUT2D eigenvalue weighted by molar-refractivity contribution is 6.03. The zero-order chi connectivity index (χ0) is 19.9. The fraction of sp³-hybridized carbons (Fsp3) is 0.478. The molecule has 1 aliphatic heterocycles. The fourth-order valence-electron chi connectivity index (χ4n) is 3.39. The second-order valence-electron chi connectivity index (χ2n) is 8.21. The van der Waals surface area contributed by atoms with Crippen molar-refractivity contribution in [1.29, 1.82) is 0 Å². The van der Waals surface area contributed by atoms with Crippen LogP contribution in [0.4, 0.5) is 17.1 Å². The number of anilines is 3. The molecular weight excluding hydrogens is 348 g/mol. The van der Waals surface area contributed by atoms with Crippen molar-refractivity contribution in [2.45, 2.75) is 40.0 Å². The zero-order valence-corrected chi connectivity index (χ0v) is 17.2. The van der Waals surface area contributed by atoms with Gasteiger partial charge in [-0.1, -0.05) is 20.8 Å². The maximum Gasteiger partial charge on any atom is 0.274 e. The Bertz CT molecular complexity index is 764. The van der Waals surface area contributed by atoms with Gasteiger partial charge >= 0.3 is 0 Å². The summed E-state index contributed by atoms with van der Waals surface area (Å²) in [6.45, 7) is 9.81. The third kappa shape index (κ3) is 5.72. The van der Waals surface area contributed by atoms with Gasteiger partial charge in [0.2, 0.25) is 0 Å². The lowest BCUT2D eigenvalue weighted by Crippen LogP contribution is -2.32. The quantitative estimate of drug-likeness (QED) is 0.707. The smallest absolute Gasteiger partial charge is 0.274 e. The van der Waals surface area contributed by atoms with Gasteiger partial charge in [-0.2, -0.15) is 0 Å². The molecule has 1 saturated heterocycles. The maximum atomic E-state index is 12.6. The summed E-state index contributed by atoms with van der Waals surface area (Å²) in [5, 5.41) is 6.31. The normalized spacial score (nSPS) is 14.9. The van der Waals surface area contributed by atoms with Crippen molar-refractivity contribution in [3.8, 4) is 0 Å². The van der Waals surface area contributed by atoms with Gasteiger partial charge in [-0.3, -0.25) is 9.78 Å². The van der Waals surface area contributed by atoms with Gasteiger partial charge in [0, 0.05) is 42.9 Å². The van der Waals surface area contributed by atoms with Crippen LogP contribution in [0, 0.1) is 11.8 Å². The summed E-state index contributed by atoms with van der Waals surface area (Å²) in [4.78, 5) is 19.2. The topological polar surface area (TPSA) is 57.3 Å². The van der Waals surface area contributed by atoms with Gasteiger partial charge in [0.1, 0.15) is 5.69 Å². The van der Waals surface area contributed by atoms with Crippen LogP contribution in [-0.2, 0) is 0 Å². The van der Waals surface area contributed by atoms with E-state index in [1.54, 1.807) is 12.3 Å². The molecule has 0 radical (unpaired) electrons. The predicted molar refractivity (Wildman–Crippen MR) is 117 cm³/mol. The number of piperidine rings is 1. The number of pyridine rings is 1. The van der Waals surface area contributed by atoms with Gasteiger partial charge in [-0.25, -0.2) is 0 Å². The number of nitrogens with zero attached hydrogens (tertiary/aromatic N) is 2. The third-order valence-corrected chi connectivity index (χ3v) is 5.32. The molecule has 5 nitrogen and oxygen atoms in total. The van der Waals surface area contributed by atoms with Gasteiger partial charge in [-0.05, 0) is 67.5 Å². The molecule has 0 aliphatic carbocycles. The van der Waals surface area contributed by atoms with E-state index in [1.165, 1.54) is 18.5 Å². The minimum absolute atomic E-state index is 0.188. The van der Waals surface area contributed by atoms with Crippen LogP contribution in [0.15, 0.2) is 42.6 Å². The molecule has 1 amide bonds. The maximum absolute atomic E-state index is 12.6. The summed E-state index contributed by atoms with van der Waals surface area (Å²) >= 11 is 0. The van der Waals surface area contributed by atoms with Crippen LogP contribution < -0.4 is 15.5 Å². The molecule has 0 atom stereocenters. The van der Waals surface area contributed by atoms with Crippen LogP contribution in [0.5, 0.6) is 0 Å². The summed E-state index contributed by atoms with van der Waals surface area (Å²) in [5.74, 6) is 1.28. The fourth-order valence-corrected chi connectivity index (χ4v) is 3.39. The molecule has 2 heterocycles. The monoisotopic (exact) mass is 380 g/mol. The molecule has 1 aromatic heterocycles. The number of carbonyl (C=O) groups excluding carboxylic acids is 1. The van der Waals surface area contributed by atoms with Crippen molar-refractivity contribution in [3.63, 3.8) is 0 Å². The molecule has 1 aliphatic rings. The molecule has 0 spiro atoms. The highest BCUT2D eigenvalue weighted by Crippen LogP contribution is 2.24. The van der Waals surface area contributed by atoms with Crippen molar-refractivity contribution in [2.75, 3.05) is 35.2 Å². The number of nitrogens with one attached hydrogen (secondary N) is 2. The lowest BCUT2D eigenvalue weighted by molar-refractivity contribution is 0.102. The lowest BCUT2D eigenvalue weighted by Gasteiger charge is -2.32. The number of amides is 1. The average Bonchev–Trinajstić information content (AvgIpc) is 2.69. The average molecular weight is 381 g/mol. The Hall–Kier alpha value is -2.56. The number of hydrogen-bond acceptors (Lipinski definition) is 4. The van der Waals surface area contributed by atoms with Crippen LogP contribution in [0.1, 0.15) is 50.5 Å². The van der Waals surface area contributed by atoms with Gasteiger partial charge < -0.3 is 15.5 Å². The molecule has 150 valence electrons. The first-order valence-electron chi connectivity index (χ1n) is 10.4. The standard InChI is InChI=1S/C23H32N4O/c1-17(2)8-12-24-20-9-13-25-22(16-20)23(28)26-19-4-6-21(7-5-19)27-14-10-18(3)11-15-27/h4-7,9,13,16-18H,8,10-12,14-15H2,1-3H3,(H,24,25)(H,26,28). The van der Waals surface area contributed by atoms with E-state index in [2.05, 4.69) is 53.4 Å². The van der Waals surface area contributed by atoms with E-state index in [4.69, 9.17) is 0 Å². The Kier molecular flexibility index (Phi) is 6.90. The van der Waals surface area contributed by atoms with Crippen molar-refractivity contribution < 1.29 is 4.79 Å². The minimum atomic E-state index is -0.188. The van der Waals surface area contributed by atoms with Crippen LogP contribution in [-0.4, -0.2) is 30.5 Å². The lowest BCUT2D eigenvalue weighted by atomic mass is 9.99. The molecule has 1 aromatic carbocycles. The first-order valence-corrected chi connectivity index (χ1v) is 10.4. The molecule has 2 aromatic rings. The largest absolute Gasteiger partial charge is 0.385 e. The van der Waals surface area contributed by atoms with E-state index in [0.717, 1.165) is 43.3 Å². The number of hydrogen-bond donors (Lipinski definition) is 2. The summed E-state index contributed by atoms with van der Waals surface area (Å²) in [6, 6.07) is 11.8. The van der Waals surface area contributed by atoms with Crippen molar-refractivity contribution >= 4 is 23.0 Å². The van der Waals surface area contributed by atoms with E-state index < -0.39 is 0 Å². The van der Waals surface area contributed by atoms with Gasteiger partial charge in [0.15, 0.2) is 0 Å². The molecule has 2 N–H and O–H groups in total. The van der Waals surface area contributed by atoms with Gasteiger partial charge in [0.25, 0.3) is 5.91 Å². The van der Waals surface area contributed by atoms with Crippen LogP contribution in [0.3, 0.4) is 0 Å². The zero-order valence-electron chi connectivity index (χ0n) is 17.2. The van der Waals surface area contributed by atoms with Crippen LogP contribution >= 0.6 is 0 Å². The molecular formula is C23H32N4O. The summed E-state index contributed by atoms with van der Waals surface area (Å²) < 4.78 is 0. The molecule has 5 heteroatoms. The van der Waals surface area contributed by atoms with Gasteiger partial charge in [-0.15, -0.1) is 0 Å². The highest BCUT2D eigenvalue weighted by atomic mass is 16.1. The second-order valence-corrected chi connectivity index (χ2v) is 8.21. The molecule has 0 unspecified atom stereocenters. The molecule has 28 heavy (non-hydrogen) atoms. The Morgan fingerprint density at radius 1 is 1.14 bits per heavy atom. The Labute approximate surface area is 168 Å². The molecule has 3 rings (SSSR count). The van der Waals surface area contributed by atoms with E-state index in [0.29, 0.717) is 11.6 Å². The Morgan fingerprint density at radius 2 is 1.86 bits per heavy atom. The second kappa shape index (κ2) is 9.58. The van der Waals surface area contributed by atoms with Crippen LogP contribution in [0.2, 0.25) is 0 Å². The number of carbonyl (C=O) groups is 1. The van der Waals surface area contributed by atoms with Crippen molar-refractivity contribution in [1.82, 2.24) is 4.98 Å². The Balaban J connectivity index is 1.57. The SMILES string of the molecule is CC(C)CCNc1ccnc(C(=O)Nc2ccc(N3CCC(C)CC3)cc2)c1. The van der Waals surface area contributed by atoms with E-state index in [1.807, 2.05) is 18.2 Å². The summed E-state index contributed by atoms with van der Waals surface area (Å²) in [7, 11) is 0. The molecule has 0 saturated carbocycles. The van der Waals surface area contributed by atoms with E-state index in [9.17, 15) is 4.79 Å². The molecule has 1 fully saturated rings. The van der Waals surface area contributed by atoms with E-state index >= 15 is 0 Å². The number of benzene rings is 1. The summed E-state index contributed by atoms with van der Waals surface area (Å²) in [6.07, 6.45) is 5.25. The summed E-state index contributed by atoms with van der Waals surface area (Å²) in [5.41, 5.74) is 3.36.